The SMILES string of the molecule is CNC(=O)C(C)Oc1ccc(C(C)O)cc1C. The summed E-state index contributed by atoms with van der Waals surface area (Å²) in [6, 6.07) is 5.43. The minimum atomic E-state index is -0.531. The third kappa shape index (κ3) is 3.46. The molecule has 0 saturated carbocycles. The maximum Gasteiger partial charge on any atom is 0.260 e. The average Bonchev–Trinajstić information content (AvgIpc) is 2.30. The molecule has 1 aromatic rings. The molecular weight excluding hydrogens is 218 g/mol. The fraction of sp³-hybridized carbons (Fsp3) is 0.462. The number of hydrogen-bond donors (Lipinski definition) is 2. The maximum atomic E-state index is 11.3. The fourth-order valence-corrected chi connectivity index (χ4v) is 1.51. The topological polar surface area (TPSA) is 58.6 Å². The fourth-order valence-electron chi connectivity index (χ4n) is 1.51. The highest BCUT2D eigenvalue weighted by atomic mass is 16.5. The number of carbonyl (C=O) groups is 1. The van der Waals surface area contributed by atoms with Gasteiger partial charge in [0.05, 0.1) is 6.10 Å². The van der Waals surface area contributed by atoms with Gasteiger partial charge in [-0.3, -0.25) is 4.79 Å². The number of aliphatic hydroxyl groups excluding tert-OH is 1. The number of amides is 1. The van der Waals surface area contributed by atoms with E-state index in [1.54, 1.807) is 33.0 Å². The van der Waals surface area contributed by atoms with Crippen LogP contribution < -0.4 is 10.1 Å². The van der Waals surface area contributed by atoms with Gasteiger partial charge >= 0.3 is 0 Å². The highest BCUT2D eigenvalue weighted by Gasteiger charge is 2.14. The molecule has 1 rings (SSSR count). The summed E-state index contributed by atoms with van der Waals surface area (Å²) in [5, 5.41) is 12.0. The third-order valence-corrected chi connectivity index (χ3v) is 2.60. The number of aliphatic hydroxyl groups is 1. The lowest BCUT2D eigenvalue weighted by Crippen LogP contribution is -2.33. The van der Waals surface area contributed by atoms with Crippen molar-refractivity contribution in [3.63, 3.8) is 0 Å². The summed E-state index contributed by atoms with van der Waals surface area (Å²) in [5.74, 6) is 0.495. The largest absolute Gasteiger partial charge is 0.481 e. The van der Waals surface area contributed by atoms with Crippen LogP contribution in [0, 0.1) is 6.92 Å². The zero-order valence-corrected chi connectivity index (χ0v) is 10.7. The van der Waals surface area contributed by atoms with Gasteiger partial charge in [-0.05, 0) is 44.0 Å². The van der Waals surface area contributed by atoms with Crippen molar-refractivity contribution < 1.29 is 14.6 Å². The van der Waals surface area contributed by atoms with Gasteiger partial charge in [0.15, 0.2) is 6.10 Å². The minimum Gasteiger partial charge on any atom is -0.481 e. The Morgan fingerprint density at radius 1 is 1.41 bits per heavy atom. The molecule has 0 aliphatic rings. The van der Waals surface area contributed by atoms with Gasteiger partial charge in [-0.25, -0.2) is 0 Å². The van der Waals surface area contributed by atoms with Crippen LogP contribution in [0.15, 0.2) is 18.2 Å². The van der Waals surface area contributed by atoms with Crippen LogP contribution in [-0.4, -0.2) is 24.2 Å². The second-order valence-electron chi connectivity index (χ2n) is 4.08. The molecule has 2 N–H and O–H groups in total. The van der Waals surface area contributed by atoms with Crippen molar-refractivity contribution in [2.45, 2.75) is 33.0 Å². The van der Waals surface area contributed by atoms with Crippen LogP contribution in [0.1, 0.15) is 31.1 Å². The van der Waals surface area contributed by atoms with Gasteiger partial charge in [0.1, 0.15) is 5.75 Å². The molecule has 4 heteroatoms. The molecule has 0 radical (unpaired) electrons. The molecule has 1 amide bonds. The van der Waals surface area contributed by atoms with Crippen LogP contribution in [0.3, 0.4) is 0 Å². The number of ether oxygens (including phenoxy) is 1. The lowest BCUT2D eigenvalue weighted by Gasteiger charge is -2.16. The van der Waals surface area contributed by atoms with E-state index >= 15 is 0 Å². The van der Waals surface area contributed by atoms with Crippen LogP contribution in [-0.2, 0) is 4.79 Å². The number of rotatable bonds is 4. The Morgan fingerprint density at radius 3 is 2.53 bits per heavy atom. The van der Waals surface area contributed by atoms with E-state index in [1.807, 2.05) is 13.0 Å². The summed E-state index contributed by atoms with van der Waals surface area (Å²) in [6.45, 7) is 5.29. The summed E-state index contributed by atoms with van der Waals surface area (Å²) in [4.78, 5) is 11.3. The van der Waals surface area contributed by atoms with Crippen molar-refractivity contribution in [3.8, 4) is 5.75 Å². The van der Waals surface area contributed by atoms with Crippen LogP contribution in [0.25, 0.3) is 0 Å². The Balaban J connectivity index is 2.83. The molecule has 2 unspecified atom stereocenters. The predicted octanol–water partition coefficient (Wildman–Crippen LogP) is 1.56. The van der Waals surface area contributed by atoms with Crippen molar-refractivity contribution in [2.75, 3.05) is 7.05 Å². The van der Waals surface area contributed by atoms with E-state index in [2.05, 4.69) is 5.32 Å². The van der Waals surface area contributed by atoms with Crippen LogP contribution in [0.5, 0.6) is 5.75 Å². The molecule has 0 fully saturated rings. The van der Waals surface area contributed by atoms with Crippen molar-refractivity contribution in [1.82, 2.24) is 5.32 Å². The van der Waals surface area contributed by atoms with Gasteiger partial charge < -0.3 is 15.2 Å². The normalized spacial score (nSPS) is 13.9. The van der Waals surface area contributed by atoms with Gasteiger partial charge in [0.2, 0.25) is 0 Å². The van der Waals surface area contributed by atoms with Gasteiger partial charge in [0.25, 0.3) is 5.91 Å². The number of nitrogens with one attached hydrogen (secondary N) is 1. The quantitative estimate of drug-likeness (QED) is 0.835. The van der Waals surface area contributed by atoms with Gasteiger partial charge in [0, 0.05) is 7.05 Å². The molecule has 2 atom stereocenters. The molecule has 0 bridgehead atoms. The monoisotopic (exact) mass is 237 g/mol. The molecule has 0 aliphatic carbocycles. The van der Waals surface area contributed by atoms with Crippen molar-refractivity contribution >= 4 is 5.91 Å². The van der Waals surface area contributed by atoms with Crippen molar-refractivity contribution in [2.24, 2.45) is 0 Å². The standard InChI is InChI=1S/C13H19NO3/c1-8-7-11(9(2)15)5-6-12(8)17-10(3)13(16)14-4/h5-7,9-10,15H,1-4H3,(H,14,16). The van der Waals surface area contributed by atoms with E-state index < -0.39 is 12.2 Å². The lowest BCUT2D eigenvalue weighted by atomic mass is 10.1. The van der Waals surface area contributed by atoms with Crippen LogP contribution >= 0.6 is 0 Å². The first kappa shape index (κ1) is 13.5. The summed E-state index contributed by atoms with van der Waals surface area (Å²) in [6.07, 6.45) is -1.03. The first-order chi connectivity index (χ1) is 7.95. The first-order valence-electron chi connectivity index (χ1n) is 5.62. The van der Waals surface area contributed by atoms with E-state index in [4.69, 9.17) is 4.74 Å². The van der Waals surface area contributed by atoms with Crippen LogP contribution in [0.2, 0.25) is 0 Å². The van der Waals surface area contributed by atoms with Crippen molar-refractivity contribution in [3.05, 3.63) is 29.3 Å². The predicted molar refractivity (Wildman–Crippen MR) is 66.0 cm³/mol. The summed E-state index contributed by atoms with van der Waals surface area (Å²) >= 11 is 0. The molecule has 1 aromatic carbocycles. The molecule has 0 spiro atoms. The Morgan fingerprint density at radius 2 is 2.06 bits per heavy atom. The number of hydrogen-bond acceptors (Lipinski definition) is 3. The minimum absolute atomic E-state index is 0.163. The van der Waals surface area contributed by atoms with E-state index in [9.17, 15) is 9.90 Å². The zero-order valence-electron chi connectivity index (χ0n) is 10.7. The number of carbonyl (C=O) groups excluding carboxylic acids is 1. The van der Waals surface area contributed by atoms with E-state index in [0.29, 0.717) is 5.75 Å². The highest BCUT2D eigenvalue weighted by molar-refractivity contribution is 5.80. The first-order valence-corrected chi connectivity index (χ1v) is 5.62. The number of benzene rings is 1. The molecule has 0 saturated heterocycles. The number of aryl methyl sites for hydroxylation is 1. The maximum absolute atomic E-state index is 11.3. The van der Waals surface area contributed by atoms with Gasteiger partial charge in [-0.1, -0.05) is 6.07 Å². The van der Waals surface area contributed by atoms with Crippen LogP contribution in [0.4, 0.5) is 0 Å². The molecule has 94 valence electrons. The second-order valence-corrected chi connectivity index (χ2v) is 4.08. The molecule has 0 heterocycles. The van der Waals surface area contributed by atoms with Gasteiger partial charge in [-0.15, -0.1) is 0 Å². The number of likely N-dealkylation sites (N-methyl/N-ethyl adjacent to an activating group) is 1. The Hall–Kier alpha value is -1.55. The summed E-state index contributed by atoms with van der Waals surface area (Å²) < 4.78 is 5.54. The summed E-state index contributed by atoms with van der Waals surface area (Å²) in [5.41, 5.74) is 1.74. The molecular formula is C13H19NO3. The van der Waals surface area contributed by atoms with E-state index in [0.717, 1.165) is 11.1 Å². The molecule has 0 aliphatic heterocycles. The van der Waals surface area contributed by atoms with E-state index in [1.165, 1.54) is 0 Å². The molecule has 0 aromatic heterocycles. The second kappa shape index (κ2) is 5.68. The van der Waals surface area contributed by atoms with Gasteiger partial charge in [-0.2, -0.15) is 0 Å². The Labute approximate surface area is 102 Å². The average molecular weight is 237 g/mol. The highest BCUT2D eigenvalue weighted by Crippen LogP contribution is 2.23. The molecule has 4 nitrogen and oxygen atoms in total. The zero-order chi connectivity index (χ0) is 13.0. The van der Waals surface area contributed by atoms with E-state index in [-0.39, 0.29) is 5.91 Å². The Kier molecular flexibility index (Phi) is 4.52. The summed E-state index contributed by atoms with van der Waals surface area (Å²) in [7, 11) is 1.57. The third-order valence-electron chi connectivity index (χ3n) is 2.60. The smallest absolute Gasteiger partial charge is 0.260 e. The van der Waals surface area contributed by atoms with Crippen molar-refractivity contribution in [1.29, 1.82) is 0 Å². The Bertz CT molecular complexity index is 402. The lowest BCUT2D eigenvalue weighted by molar-refractivity contribution is -0.126. The molecule has 17 heavy (non-hydrogen) atoms.